The second-order valence-corrected chi connectivity index (χ2v) is 8.61. The Balaban J connectivity index is 4.53. The molecule has 0 spiro atoms. The molecule has 136 valence electrons. The van der Waals surface area contributed by atoms with E-state index in [9.17, 15) is 19.0 Å². The smallest absolute Gasteiger partial charge is 0.316 e. The number of carbonyl (C=O) groups excluding carboxylic acids is 2. The Morgan fingerprint density at radius 3 is 2.17 bits per heavy atom. The zero-order valence-corrected chi connectivity index (χ0v) is 16.2. The van der Waals surface area contributed by atoms with Crippen molar-refractivity contribution in [3.8, 4) is 0 Å². The predicted molar refractivity (Wildman–Crippen MR) is 91.0 cm³/mol. The normalized spacial score (nSPS) is 15.6. The topological polar surface area (TPSA) is 102 Å². The summed E-state index contributed by atoms with van der Waals surface area (Å²) in [4.78, 5) is 34.2. The van der Waals surface area contributed by atoms with Gasteiger partial charge in [0.05, 0.1) is 18.1 Å². The summed E-state index contributed by atoms with van der Waals surface area (Å²) in [6, 6.07) is 0. The van der Waals surface area contributed by atoms with Crippen LogP contribution in [0.3, 0.4) is 0 Å². The Hall–Kier alpha value is -0.210. The fourth-order valence-corrected chi connectivity index (χ4v) is 2.94. The van der Waals surface area contributed by atoms with E-state index in [1.165, 1.54) is 0 Å². The number of esters is 2. The van der Waals surface area contributed by atoms with Gasteiger partial charge in [0.1, 0.15) is 14.2 Å². The SMILES string of the molecule is CC(C)(C)CCP(=O)([O-])OCC(COC(=O)CS)OC(=O)CS. The molecule has 0 aromatic carbocycles. The van der Waals surface area contributed by atoms with Crippen LogP contribution in [0.1, 0.15) is 27.2 Å². The van der Waals surface area contributed by atoms with Crippen LogP contribution in [0.2, 0.25) is 0 Å². The molecule has 0 N–H and O–H groups in total. The lowest BCUT2D eigenvalue weighted by atomic mass is 9.94. The first kappa shape index (κ1) is 22.8. The van der Waals surface area contributed by atoms with Crippen molar-refractivity contribution in [3.63, 3.8) is 0 Å². The molecule has 2 unspecified atom stereocenters. The minimum Gasteiger partial charge on any atom is -0.778 e. The van der Waals surface area contributed by atoms with Gasteiger partial charge in [-0.2, -0.15) is 25.3 Å². The van der Waals surface area contributed by atoms with Crippen LogP contribution >= 0.6 is 32.9 Å². The first-order chi connectivity index (χ1) is 10.5. The number of rotatable bonds is 10. The molecule has 23 heavy (non-hydrogen) atoms. The molecule has 0 fully saturated rings. The number of hydrogen-bond donors (Lipinski definition) is 2. The summed E-state index contributed by atoms with van der Waals surface area (Å²) in [6.45, 7) is 5.03. The third-order valence-electron chi connectivity index (χ3n) is 2.58. The highest BCUT2D eigenvalue weighted by Gasteiger charge is 2.21. The highest BCUT2D eigenvalue weighted by molar-refractivity contribution is 7.81. The maximum atomic E-state index is 11.9. The van der Waals surface area contributed by atoms with Crippen LogP contribution in [0.15, 0.2) is 0 Å². The van der Waals surface area contributed by atoms with E-state index in [1.807, 2.05) is 20.8 Å². The van der Waals surface area contributed by atoms with Gasteiger partial charge in [-0.05, 0) is 11.8 Å². The number of ether oxygens (including phenoxy) is 2. The highest BCUT2D eigenvalue weighted by Crippen LogP contribution is 2.40. The van der Waals surface area contributed by atoms with E-state index in [4.69, 9.17) is 14.0 Å². The van der Waals surface area contributed by atoms with Crippen LogP contribution < -0.4 is 4.89 Å². The van der Waals surface area contributed by atoms with Gasteiger partial charge in [-0.25, -0.2) is 0 Å². The molecule has 0 aromatic rings. The maximum absolute atomic E-state index is 11.9. The Bertz CT molecular complexity index is 437. The van der Waals surface area contributed by atoms with Gasteiger partial charge in [0.2, 0.25) is 0 Å². The molecule has 0 saturated heterocycles. The molecule has 0 aromatic heterocycles. The Kier molecular flexibility index (Phi) is 10.5. The molecule has 0 bridgehead atoms. The molecule has 7 nitrogen and oxygen atoms in total. The van der Waals surface area contributed by atoms with Crippen molar-refractivity contribution in [2.24, 2.45) is 5.41 Å². The second kappa shape index (κ2) is 10.6. The fourth-order valence-electron chi connectivity index (χ4n) is 1.30. The fraction of sp³-hybridized carbons (Fsp3) is 0.846. The van der Waals surface area contributed by atoms with E-state index >= 15 is 0 Å². The molecule has 10 heteroatoms. The largest absolute Gasteiger partial charge is 0.778 e. The number of thiol groups is 2. The minimum atomic E-state index is -4.07. The van der Waals surface area contributed by atoms with Gasteiger partial charge in [-0.15, -0.1) is 0 Å². The molecule has 0 aliphatic carbocycles. The van der Waals surface area contributed by atoms with E-state index in [1.54, 1.807) is 0 Å². The Morgan fingerprint density at radius 1 is 1.13 bits per heavy atom. The highest BCUT2D eigenvalue weighted by atomic mass is 32.1. The summed E-state index contributed by atoms with van der Waals surface area (Å²) in [6.07, 6.45) is -0.709. The van der Waals surface area contributed by atoms with Crippen molar-refractivity contribution in [1.29, 1.82) is 0 Å². The summed E-state index contributed by atoms with van der Waals surface area (Å²) in [5.41, 5.74) is -0.149. The first-order valence-corrected chi connectivity index (χ1v) is 10.00. The zero-order valence-electron chi connectivity index (χ0n) is 13.5. The second-order valence-electron chi connectivity index (χ2n) is 6.05. The lowest BCUT2D eigenvalue weighted by molar-refractivity contribution is -0.202. The molecule has 0 rings (SSSR count). The monoisotopic (exact) mass is 387 g/mol. The third kappa shape index (κ3) is 12.8. The summed E-state index contributed by atoms with van der Waals surface area (Å²) in [7, 11) is -4.07. The zero-order chi connectivity index (χ0) is 18.1. The first-order valence-electron chi connectivity index (χ1n) is 7.00. The molecular formula is C13H24O7PS2-. The Labute approximate surface area is 147 Å². The molecule has 0 heterocycles. The molecule has 2 atom stereocenters. The summed E-state index contributed by atoms with van der Waals surface area (Å²) in [5.74, 6) is -1.60. The number of carbonyl (C=O) groups is 2. The molecule has 0 saturated carbocycles. The third-order valence-corrected chi connectivity index (χ3v) is 4.41. The van der Waals surface area contributed by atoms with Crippen molar-refractivity contribution >= 4 is 44.8 Å². The van der Waals surface area contributed by atoms with Crippen molar-refractivity contribution in [2.75, 3.05) is 30.9 Å². The van der Waals surface area contributed by atoms with Gasteiger partial charge in [0, 0.05) is 6.16 Å². The van der Waals surface area contributed by atoms with Gasteiger partial charge in [-0.1, -0.05) is 20.8 Å². The minimum absolute atomic E-state index is 0.125. The van der Waals surface area contributed by atoms with Crippen molar-refractivity contribution in [3.05, 3.63) is 0 Å². The average Bonchev–Trinajstić information content (AvgIpc) is 2.46. The molecule has 0 aliphatic rings. The quantitative estimate of drug-likeness (QED) is 0.331. The maximum Gasteiger partial charge on any atom is 0.316 e. The van der Waals surface area contributed by atoms with Crippen LogP contribution in [0.5, 0.6) is 0 Å². The van der Waals surface area contributed by atoms with Crippen LogP contribution in [0.4, 0.5) is 0 Å². The Morgan fingerprint density at radius 2 is 1.70 bits per heavy atom. The predicted octanol–water partition coefficient (Wildman–Crippen LogP) is 1.31. The van der Waals surface area contributed by atoms with E-state index in [2.05, 4.69) is 25.3 Å². The standard InChI is InChI=1S/C13H25O7PS2/c1-13(2,3)4-5-21(16,17)19-7-10(20-12(15)9-23)6-18-11(14)8-22/h10,22-23H,4-9H2,1-3H3,(H,16,17)/p-1. The molecular weight excluding hydrogens is 363 g/mol. The number of hydrogen-bond acceptors (Lipinski definition) is 9. The van der Waals surface area contributed by atoms with Crippen LogP contribution in [0.25, 0.3) is 0 Å². The van der Waals surface area contributed by atoms with Gasteiger partial charge in [-0.3, -0.25) is 9.59 Å². The van der Waals surface area contributed by atoms with E-state index in [-0.39, 0.29) is 29.7 Å². The van der Waals surface area contributed by atoms with Crippen molar-refractivity contribution in [1.82, 2.24) is 0 Å². The average molecular weight is 387 g/mol. The summed E-state index contributed by atoms with van der Waals surface area (Å²) in [5, 5.41) is 0. The van der Waals surface area contributed by atoms with E-state index in [0.29, 0.717) is 6.42 Å². The van der Waals surface area contributed by atoms with Gasteiger partial charge in [0.25, 0.3) is 0 Å². The summed E-state index contributed by atoms with van der Waals surface area (Å²) < 4.78 is 26.5. The van der Waals surface area contributed by atoms with Crippen molar-refractivity contribution in [2.45, 2.75) is 33.3 Å². The lowest BCUT2D eigenvalue weighted by Crippen LogP contribution is -2.31. The van der Waals surface area contributed by atoms with Gasteiger partial charge in [0.15, 0.2) is 6.10 Å². The van der Waals surface area contributed by atoms with E-state index < -0.39 is 32.2 Å². The van der Waals surface area contributed by atoms with E-state index in [0.717, 1.165) is 0 Å². The lowest BCUT2D eigenvalue weighted by Gasteiger charge is -2.28. The van der Waals surface area contributed by atoms with Crippen LogP contribution in [0, 0.1) is 5.41 Å². The van der Waals surface area contributed by atoms with Crippen LogP contribution in [-0.2, 0) is 28.2 Å². The van der Waals surface area contributed by atoms with Crippen molar-refractivity contribution < 1.29 is 33.0 Å². The van der Waals surface area contributed by atoms with Crippen LogP contribution in [-0.4, -0.2) is 48.9 Å². The molecule has 0 aliphatic heterocycles. The summed E-state index contributed by atoms with van der Waals surface area (Å²) >= 11 is 7.49. The molecule has 0 radical (unpaired) electrons. The van der Waals surface area contributed by atoms with Gasteiger partial charge >= 0.3 is 11.9 Å². The van der Waals surface area contributed by atoms with Gasteiger partial charge < -0.3 is 23.5 Å². The molecule has 0 amide bonds.